The van der Waals surface area contributed by atoms with E-state index in [1.165, 1.54) is 4.90 Å². The zero-order chi connectivity index (χ0) is 13.2. The third kappa shape index (κ3) is 2.47. The molecule has 3 nitrogen and oxygen atoms in total. The van der Waals surface area contributed by atoms with Gasteiger partial charge in [0.25, 0.3) is 0 Å². The highest BCUT2D eigenvalue weighted by Gasteiger charge is 2.62. The molecule has 0 aromatic heterocycles. The monoisotopic (exact) mass is 282 g/mol. The predicted octanol–water partition coefficient (Wildman–Crippen LogP) is 1.49. The molecule has 1 amide bonds. The smallest absolute Gasteiger partial charge is 0.341 e. The lowest BCUT2D eigenvalue weighted by atomic mass is 9.84. The third-order valence-electron chi connectivity index (χ3n) is 3.62. The summed E-state index contributed by atoms with van der Waals surface area (Å²) in [7, 11) is 0. The second-order valence-electron chi connectivity index (χ2n) is 4.76. The van der Waals surface area contributed by atoms with Gasteiger partial charge in [-0.05, 0) is 25.1 Å². The lowest BCUT2D eigenvalue weighted by molar-refractivity contribution is -0.221. The zero-order valence-electron chi connectivity index (χ0n) is 10.1. The maximum atomic E-state index is 13.2. The fourth-order valence-corrected chi connectivity index (χ4v) is 3.38. The van der Waals surface area contributed by atoms with E-state index in [4.69, 9.17) is 0 Å². The molecule has 2 fully saturated rings. The number of amides is 1. The number of nitrogens with zero attached hydrogens (tertiary/aromatic N) is 1. The molecule has 0 aliphatic carbocycles. The number of nitrogens with one attached hydrogen (secondary N) is 1. The molecule has 18 heavy (non-hydrogen) atoms. The van der Waals surface area contributed by atoms with E-state index in [0.29, 0.717) is 13.1 Å². The van der Waals surface area contributed by atoms with Crippen LogP contribution in [0.5, 0.6) is 0 Å². The van der Waals surface area contributed by atoms with E-state index >= 15 is 0 Å². The number of carbonyl (C=O) groups is 1. The summed E-state index contributed by atoms with van der Waals surface area (Å²) in [6.07, 6.45) is -3.83. The summed E-state index contributed by atoms with van der Waals surface area (Å²) in [6.45, 7) is 0.859. The number of rotatable bonds is 1. The van der Waals surface area contributed by atoms with Crippen molar-refractivity contribution in [2.24, 2.45) is 5.41 Å². The minimum atomic E-state index is -4.47. The Bertz CT molecular complexity index is 308. The molecule has 0 saturated carbocycles. The lowest BCUT2D eigenvalue weighted by Gasteiger charge is -2.34. The summed E-state index contributed by atoms with van der Waals surface area (Å²) in [4.78, 5) is 13.7. The van der Waals surface area contributed by atoms with Crippen LogP contribution in [-0.2, 0) is 4.79 Å². The molecule has 0 aromatic carbocycles. The van der Waals surface area contributed by atoms with Gasteiger partial charge in [-0.3, -0.25) is 4.79 Å². The van der Waals surface area contributed by atoms with Crippen LogP contribution in [0.1, 0.15) is 12.8 Å². The Hall–Kier alpha value is -0.430. The van der Waals surface area contributed by atoms with Crippen molar-refractivity contribution in [2.45, 2.75) is 19.0 Å². The SMILES string of the molecule is O=C(N1CCCSCC1)C1(C(F)(F)F)CCNC1. The molecule has 2 heterocycles. The van der Waals surface area contributed by atoms with Crippen molar-refractivity contribution in [3.63, 3.8) is 0 Å². The van der Waals surface area contributed by atoms with Gasteiger partial charge < -0.3 is 10.2 Å². The number of carbonyl (C=O) groups excluding carboxylic acids is 1. The van der Waals surface area contributed by atoms with E-state index in [1.807, 2.05) is 0 Å². The summed E-state index contributed by atoms with van der Waals surface area (Å²) in [5.41, 5.74) is -2.19. The number of thioether (sulfide) groups is 1. The van der Waals surface area contributed by atoms with Crippen LogP contribution in [0, 0.1) is 5.41 Å². The molecule has 0 spiro atoms. The average molecular weight is 282 g/mol. The van der Waals surface area contributed by atoms with Crippen molar-refractivity contribution < 1.29 is 18.0 Å². The number of halogens is 3. The van der Waals surface area contributed by atoms with Gasteiger partial charge in [-0.25, -0.2) is 0 Å². The first-order valence-corrected chi connectivity index (χ1v) is 7.27. The fraction of sp³-hybridized carbons (Fsp3) is 0.909. The Morgan fingerprint density at radius 1 is 1.28 bits per heavy atom. The second kappa shape index (κ2) is 5.28. The first kappa shape index (κ1) is 14.0. The Kier molecular flexibility index (Phi) is 4.11. The molecule has 1 unspecified atom stereocenters. The van der Waals surface area contributed by atoms with Gasteiger partial charge in [0.15, 0.2) is 5.41 Å². The van der Waals surface area contributed by atoms with Gasteiger partial charge in [0.1, 0.15) is 0 Å². The van der Waals surface area contributed by atoms with Crippen molar-refractivity contribution in [1.29, 1.82) is 0 Å². The maximum absolute atomic E-state index is 13.2. The summed E-state index contributed by atoms with van der Waals surface area (Å²) in [5, 5.41) is 2.68. The molecule has 1 N–H and O–H groups in total. The van der Waals surface area contributed by atoms with Crippen LogP contribution in [0.2, 0.25) is 0 Å². The van der Waals surface area contributed by atoms with Gasteiger partial charge in [-0.1, -0.05) is 0 Å². The van der Waals surface area contributed by atoms with Gasteiger partial charge in [0.05, 0.1) is 0 Å². The Labute approximate surface area is 108 Å². The van der Waals surface area contributed by atoms with E-state index in [9.17, 15) is 18.0 Å². The average Bonchev–Trinajstić information content (AvgIpc) is 2.66. The minimum absolute atomic E-state index is 0.140. The Morgan fingerprint density at radius 2 is 2.06 bits per heavy atom. The van der Waals surface area contributed by atoms with Crippen LogP contribution in [0.25, 0.3) is 0 Å². The first-order chi connectivity index (χ1) is 8.47. The summed E-state index contributed by atoms with van der Waals surface area (Å²) in [6, 6.07) is 0. The van der Waals surface area contributed by atoms with Crippen LogP contribution in [0.15, 0.2) is 0 Å². The van der Waals surface area contributed by atoms with Crippen molar-refractivity contribution in [3.8, 4) is 0 Å². The van der Waals surface area contributed by atoms with Gasteiger partial charge >= 0.3 is 6.18 Å². The molecule has 2 rings (SSSR count). The topological polar surface area (TPSA) is 32.3 Å². The highest BCUT2D eigenvalue weighted by atomic mass is 32.2. The normalized spacial score (nSPS) is 30.3. The van der Waals surface area contributed by atoms with E-state index < -0.39 is 17.5 Å². The molecule has 0 bridgehead atoms. The predicted molar refractivity (Wildman–Crippen MR) is 64.5 cm³/mol. The van der Waals surface area contributed by atoms with E-state index in [0.717, 1.165) is 17.9 Å². The van der Waals surface area contributed by atoms with Gasteiger partial charge in [0.2, 0.25) is 5.91 Å². The number of alkyl halides is 3. The first-order valence-electron chi connectivity index (χ1n) is 6.12. The zero-order valence-corrected chi connectivity index (χ0v) is 10.9. The Balaban J connectivity index is 2.18. The number of hydrogen-bond acceptors (Lipinski definition) is 3. The van der Waals surface area contributed by atoms with Crippen molar-refractivity contribution >= 4 is 17.7 Å². The maximum Gasteiger partial charge on any atom is 0.404 e. The molecule has 0 aromatic rings. The molecule has 2 aliphatic rings. The third-order valence-corrected chi connectivity index (χ3v) is 4.67. The van der Waals surface area contributed by atoms with E-state index in [2.05, 4.69) is 5.32 Å². The van der Waals surface area contributed by atoms with E-state index in [1.54, 1.807) is 11.8 Å². The molecule has 2 aliphatic heterocycles. The second-order valence-corrected chi connectivity index (χ2v) is 5.99. The molecular formula is C11H17F3N2OS. The van der Waals surface area contributed by atoms with Crippen LogP contribution in [0.4, 0.5) is 13.2 Å². The molecular weight excluding hydrogens is 265 g/mol. The summed E-state index contributed by atoms with van der Waals surface area (Å²) >= 11 is 1.70. The van der Waals surface area contributed by atoms with Crippen molar-refractivity contribution in [2.75, 3.05) is 37.7 Å². The Morgan fingerprint density at radius 3 is 2.67 bits per heavy atom. The van der Waals surface area contributed by atoms with Crippen LogP contribution < -0.4 is 5.32 Å². The van der Waals surface area contributed by atoms with Crippen LogP contribution in [-0.4, -0.2) is 54.7 Å². The highest BCUT2D eigenvalue weighted by Crippen LogP contribution is 2.44. The van der Waals surface area contributed by atoms with Crippen LogP contribution >= 0.6 is 11.8 Å². The van der Waals surface area contributed by atoms with E-state index in [-0.39, 0.29) is 19.5 Å². The van der Waals surface area contributed by atoms with Crippen LogP contribution in [0.3, 0.4) is 0 Å². The van der Waals surface area contributed by atoms with Gasteiger partial charge in [0, 0.05) is 25.4 Å². The molecule has 2 saturated heterocycles. The highest BCUT2D eigenvalue weighted by molar-refractivity contribution is 7.99. The van der Waals surface area contributed by atoms with Crippen molar-refractivity contribution in [1.82, 2.24) is 10.2 Å². The van der Waals surface area contributed by atoms with Gasteiger partial charge in [-0.2, -0.15) is 24.9 Å². The fourth-order valence-electron chi connectivity index (χ4n) is 2.49. The largest absolute Gasteiger partial charge is 0.404 e. The van der Waals surface area contributed by atoms with Gasteiger partial charge in [-0.15, -0.1) is 0 Å². The minimum Gasteiger partial charge on any atom is -0.341 e. The quantitative estimate of drug-likeness (QED) is 0.791. The van der Waals surface area contributed by atoms with Crippen molar-refractivity contribution in [3.05, 3.63) is 0 Å². The summed E-state index contributed by atoms with van der Waals surface area (Å²) in [5.74, 6) is 0.913. The molecule has 104 valence electrons. The summed E-state index contributed by atoms with van der Waals surface area (Å²) < 4.78 is 39.7. The molecule has 7 heteroatoms. The molecule has 0 radical (unpaired) electrons. The standard InChI is InChI=1S/C11H17F3N2OS/c12-11(13,14)10(2-3-15-8-10)9(17)16-4-1-6-18-7-5-16/h15H,1-8H2. The molecule has 1 atom stereocenters. The number of hydrogen-bond donors (Lipinski definition) is 1. The lowest BCUT2D eigenvalue weighted by Crippen LogP contribution is -2.54.